The van der Waals surface area contributed by atoms with Crippen LogP contribution in [0.4, 0.5) is 5.13 Å². The lowest BCUT2D eigenvalue weighted by molar-refractivity contribution is -0.125. The maximum absolute atomic E-state index is 12.7. The molecule has 2 aromatic carbocycles. The van der Waals surface area contributed by atoms with Gasteiger partial charge in [-0.2, -0.15) is 0 Å². The summed E-state index contributed by atoms with van der Waals surface area (Å²) < 4.78 is 1.86. The van der Waals surface area contributed by atoms with Crippen LogP contribution < -0.4 is 10.2 Å². The first-order chi connectivity index (χ1) is 15.7. The number of benzene rings is 2. The number of carbonyl (C=O) groups excluding carboxylic acids is 1. The molecule has 2 aromatic heterocycles. The van der Waals surface area contributed by atoms with Gasteiger partial charge in [0.05, 0.1) is 17.8 Å². The van der Waals surface area contributed by atoms with Gasteiger partial charge in [0, 0.05) is 25.2 Å². The van der Waals surface area contributed by atoms with E-state index in [2.05, 4.69) is 53.5 Å². The third-order valence-corrected chi connectivity index (χ3v) is 6.98. The monoisotopic (exact) mass is 445 g/mol. The molecule has 1 amide bonds. The molecule has 1 saturated heterocycles. The molecule has 0 bridgehead atoms. The van der Waals surface area contributed by atoms with E-state index in [1.807, 2.05) is 28.9 Å². The van der Waals surface area contributed by atoms with Crippen LogP contribution in [-0.4, -0.2) is 40.1 Å². The van der Waals surface area contributed by atoms with Gasteiger partial charge in [-0.05, 0) is 31.7 Å². The minimum absolute atomic E-state index is 0.00105. The molecule has 1 unspecified atom stereocenters. The lowest BCUT2D eigenvalue weighted by Gasteiger charge is -2.31. The predicted molar refractivity (Wildman–Crippen MR) is 129 cm³/mol. The second kappa shape index (κ2) is 9.12. The summed E-state index contributed by atoms with van der Waals surface area (Å²) in [6, 6.07) is 18.6. The average molecular weight is 446 g/mol. The molecule has 7 heteroatoms. The van der Waals surface area contributed by atoms with Crippen LogP contribution >= 0.6 is 11.3 Å². The Bertz CT molecular complexity index is 1170. The van der Waals surface area contributed by atoms with Gasteiger partial charge < -0.3 is 10.2 Å². The Balaban J connectivity index is 1.21. The van der Waals surface area contributed by atoms with Crippen molar-refractivity contribution in [1.82, 2.24) is 19.9 Å². The Hall–Kier alpha value is -3.19. The number of anilines is 1. The van der Waals surface area contributed by atoms with E-state index in [0.29, 0.717) is 13.1 Å². The number of fused-ring (bicyclic) bond motifs is 1. The Morgan fingerprint density at radius 2 is 1.97 bits per heavy atom. The van der Waals surface area contributed by atoms with Crippen LogP contribution in [0.15, 0.2) is 60.8 Å². The molecule has 0 aliphatic carbocycles. The molecule has 1 atom stereocenters. The number of hydrogen-bond acceptors (Lipinski definition) is 5. The Morgan fingerprint density at radius 3 is 2.75 bits per heavy atom. The highest BCUT2D eigenvalue weighted by Crippen LogP contribution is 2.29. The summed E-state index contributed by atoms with van der Waals surface area (Å²) in [7, 11) is 0. The topological polar surface area (TPSA) is 62.5 Å². The number of imidazole rings is 1. The molecule has 1 fully saturated rings. The van der Waals surface area contributed by atoms with Gasteiger partial charge in [-0.3, -0.25) is 4.79 Å². The maximum Gasteiger partial charge on any atom is 0.224 e. The number of hydrogen-bond donors (Lipinski definition) is 1. The van der Waals surface area contributed by atoms with E-state index < -0.39 is 0 Å². The number of aryl methyl sites for hydroxylation is 1. The van der Waals surface area contributed by atoms with Crippen molar-refractivity contribution in [3.05, 3.63) is 71.9 Å². The van der Waals surface area contributed by atoms with Gasteiger partial charge in [0.25, 0.3) is 0 Å². The standard InChI is InChI=1S/C25H27N5OS/c1-18-9-11-20(12-10-18)22-17-30-24(27-22)32-25(28-30)29-15-5-8-21(16-29)23(31)26-14-13-19-6-3-2-4-7-19/h2-4,6-7,9-12,17,21H,5,8,13-16H2,1H3,(H,26,31). The average Bonchev–Trinajstić information content (AvgIpc) is 3.40. The normalized spacial score (nSPS) is 16.4. The molecule has 0 spiro atoms. The molecule has 0 radical (unpaired) electrons. The summed E-state index contributed by atoms with van der Waals surface area (Å²) in [6.45, 7) is 4.39. The largest absolute Gasteiger partial charge is 0.355 e. The molecule has 4 aromatic rings. The molecule has 1 aliphatic heterocycles. The zero-order chi connectivity index (χ0) is 21.9. The van der Waals surface area contributed by atoms with E-state index in [1.165, 1.54) is 11.1 Å². The number of carbonyl (C=O) groups is 1. The minimum atomic E-state index is -0.00105. The van der Waals surface area contributed by atoms with E-state index in [4.69, 9.17) is 10.1 Å². The van der Waals surface area contributed by atoms with Gasteiger partial charge in [0.1, 0.15) is 0 Å². The van der Waals surface area contributed by atoms with Gasteiger partial charge in [0.2, 0.25) is 16.0 Å². The third kappa shape index (κ3) is 4.53. The lowest BCUT2D eigenvalue weighted by atomic mass is 9.97. The van der Waals surface area contributed by atoms with Crippen molar-refractivity contribution in [3.63, 3.8) is 0 Å². The molecule has 6 nitrogen and oxygen atoms in total. The van der Waals surface area contributed by atoms with Crippen molar-refractivity contribution in [2.75, 3.05) is 24.5 Å². The summed E-state index contributed by atoms with van der Waals surface area (Å²) in [6.07, 6.45) is 4.76. The van der Waals surface area contributed by atoms with Crippen LogP contribution in [0.25, 0.3) is 16.2 Å². The number of nitrogens with one attached hydrogen (secondary N) is 1. The van der Waals surface area contributed by atoms with Crippen molar-refractivity contribution < 1.29 is 4.79 Å². The molecule has 1 N–H and O–H groups in total. The van der Waals surface area contributed by atoms with Crippen molar-refractivity contribution in [2.24, 2.45) is 5.92 Å². The zero-order valence-electron chi connectivity index (χ0n) is 18.2. The fourth-order valence-electron chi connectivity index (χ4n) is 4.16. The number of nitrogens with zero attached hydrogens (tertiary/aromatic N) is 4. The van der Waals surface area contributed by atoms with Gasteiger partial charge in [0.15, 0.2) is 0 Å². The highest BCUT2D eigenvalue weighted by molar-refractivity contribution is 7.20. The smallest absolute Gasteiger partial charge is 0.224 e. The maximum atomic E-state index is 12.7. The van der Waals surface area contributed by atoms with Gasteiger partial charge in [-0.25, -0.2) is 9.50 Å². The molecule has 164 valence electrons. The van der Waals surface area contributed by atoms with E-state index in [9.17, 15) is 4.79 Å². The van der Waals surface area contributed by atoms with Crippen LogP contribution in [0, 0.1) is 12.8 Å². The number of amides is 1. The van der Waals surface area contributed by atoms with Crippen LogP contribution in [-0.2, 0) is 11.2 Å². The van der Waals surface area contributed by atoms with E-state index in [0.717, 1.165) is 47.2 Å². The Labute approximate surface area is 191 Å². The second-order valence-corrected chi connectivity index (χ2v) is 9.35. The van der Waals surface area contributed by atoms with Crippen molar-refractivity contribution >= 4 is 27.3 Å². The van der Waals surface area contributed by atoms with Gasteiger partial charge in [-0.15, -0.1) is 5.10 Å². The van der Waals surface area contributed by atoms with E-state index >= 15 is 0 Å². The fourth-order valence-corrected chi connectivity index (χ4v) is 5.08. The first-order valence-corrected chi connectivity index (χ1v) is 12.0. The summed E-state index contributed by atoms with van der Waals surface area (Å²) in [4.78, 5) is 20.6. The Kier molecular flexibility index (Phi) is 5.90. The summed E-state index contributed by atoms with van der Waals surface area (Å²) in [5.41, 5.74) is 4.51. The van der Waals surface area contributed by atoms with Crippen LogP contribution in [0.5, 0.6) is 0 Å². The molecule has 0 saturated carbocycles. The fraction of sp³-hybridized carbons (Fsp3) is 0.320. The molecule has 1 aliphatic rings. The van der Waals surface area contributed by atoms with Crippen LogP contribution in [0.2, 0.25) is 0 Å². The molecule has 32 heavy (non-hydrogen) atoms. The molecular weight excluding hydrogens is 418 g/mol. The lowest BCUT2D eigenvalue weighted by Crippen LogP contribution is -2.43. The van der Waals surface area contributed by atoms with Crippen molar-refractivity contribution in [3.8, 4) is 11.3 Å². The van der Waals surface area contributed by atoms with Crippen molar-refractivity contribution in [2.45, 2.75) is 26.2 Å². The highest BCUT2D eigenvalue weighted by atomic mass is 32.1. The summed E-state index contributed by atoms with van der Waals surface area (Å²) in [5.74, 6) is 0.146. The number of piperidine rings is 1. The zero-order valence-corrected chi connectivity index (χ0v) is 19.0. The summed E-state index contributed by atoms with van der Waals surface area (Å²) in [5, 5.41) is 8.82. The van der Waals surface area contributed by atoms with Crippen molar-refractivity contribution in [1.29, 1.82) is 0 Å². The third-order valence-electron chi connectivity index (χ3n) is 6.00. The minimum Gasteiger partial charge on any atom is -0.355 e. The highest BCUT2D eigenvalue weighted by Gasteiger charge is 2.27. The SMILES string of the molecule is Cc1ccc(-c2cn3nc(N4CCCC(C(=O)NCCc5ccccc5)C4)sc3n2)cc1. The molecule has 5 rings (SSSR count). The Morgan fingerprint density at radius 1 is 1.16 bits per heavy atom. The van der Waals surface area contributed by atoms with E-state index in [1.54, 1.807) is 11.3 Å². The predicted octanol–water partition coefficient (Wildman–Crippen LogP) is 4.34. The first kappa shape index (κ1) is 20.7. The quantitative estimate of drug-likeness (QED) is 0.480. The molecular formula is C25H27N5OS. The van der Waals surface area contributed by atoms with Crippen LogP contribution in [0.1, 0.15) is 24.0 Å². The second-order valence-electron chi connectivity index (χ2n) is 8.42. The van der Waals surface area contributed by atoms with Gasteiger partial charge >= 0.3 is 0 Å². The van der Waals surface area contributed by atoms with Gasteiger partial charge in [-0.1, -0.05) is 71.5 Å². The van der Waals surface area contributed by atoms with Crippen LogP contribution in [0.3, 0.4) is 0 Å². The first-order valence-electron chi connectivity index (χ1n) is 11.2. The summed E-state index contributed by atoms with van der Waals surface area (Å²) >= 11 is 1.59. The van der Waals surface area contributed by atoms with E-state index in [-0.39, 0.29) is 11.8 Å². The molecule has 3 heterocycles. The number of aromatic nitrogens is 3. The number of rotatable bonds is 6.